The smallest absolute Gasteiger partial charge is 0.119 e. The molecule has 0 saturated carbocycles. The molecule has 0 aromatic heterocycles. The summed E-state index contributed by atoms with van der Waals surface area (Å²) in [5.74, 6) is 0.485. The number of hydrogen-bond donors (Lipinski definition) is 2. The number of benzene rings is 2. The number of phenols is 2. The Bertz CT molecular complexity index is 456. The van der Waals surface area contributed by atoms with E-state index < -0.39 is 0 Å². The predicted octanol–water partition coefficient (Wildman–Crippen LogP) is 3.59. The number of fused-ring (bicyclic) bond motifs is 1. The van der Waals surface area contributed by atoms with E-state index in [1.165, 1.54) is 0 Å². The minimum Gasteiger partial charge on any atom is -0.508 e. The fraction of sp³-hybridized carbons (Fsp3) is 0.231. The van der Waals surface area contributed by atoms with Crippen LogP contribution in [-0.4, -0.2) is 10.2 Å². The summed E-state index contributed by atoms with van der Waals surface area (Å²) in [5.41, 5.74) is 0.799. The number of aromatic hydroxyl groups is 2. The van der Waals surface area contributed by atoms with Crippen molar-refractivity contribution in [2.45, 2.75) is 20.8 Å². The van der Waals surface area contributed by atoms with Gasteiger partial charge in [0, 0.05) is 0 Å². The first-order valence-electron chi connectivity index (χ1n) is 5.10. The maximum absolute atomic E-state index is 9.43. The molecule has 2 heteroatoms. The van der Waals surface area contributed by atoms with Crippen LogP contribution in [0, 0.1) is 6.92 Å². The highest BCUT2D eigenvalue weighted by Crippen LogP contribution is 2.28. The van der Waals surface area contributed by atoms with Gasteiger partial charge in [-0.05, 0) is 41.5 Å². The van der Waals surface area contributed by atoms with E-state index in [0.29, 0.717) is 0 Å². The van der Waals surface area contributed by atoms with Gasteiger partial charge in [0.15, 0.2) is 0 Å². The molecule has 0 radical (unpaired) electrons. The third kappa shape index (κ3) is 2.21. The van der Waals surface area contributed by atoms with Crippen LogP contribution < -0.4 is 0 Å². The van der Waals surface area contributed by atoms with Crippen LogP contribution >= 0.6 is 0 Å². The fourth-order valence-electron chi connectivity index (χ4n) is 1.45. The lowest BCUT2D eigenvalue weighted by atomic mass is 10.0. The summed E-state index contributed by atoms with van der Waals surface area (Å²) in [5, 5.41) is 20.6. The summed E-state index contributed by atoms with van der Waals surface area (Å²) in [6.07, 6.45) is 0. The molecule has 0 unspecified atom stereocenters. The van der Waals surface area contributed by atoms with E-state index in [9.17, 15) is 10.2 Å². The number of phenolic OH excluding ortho intramolecular Hbond substituents is 2. The molecule has 0 aliphatic heterocycles. The first-order chi connectivity index (χ1) is 7.18. The lowest BCUT2D eigenvalue weighted by molar-refractivity contribution is 0.471. The molecular weight excluding hydrogens is 188 g/mol. The van der Waals surface area contributed by atoms with E-state index in [0.717, 1.165) is 16.3 Å². The number of hydrogen-bond acceptors (Lipinski definition) is 2. The lowest BCUT2D eigenvalue weighted by Crippen LogP contribution is -1.79. The third-order valence-electron chi connectivity index (χ3n) is 2.25. The Morgan fingerprint density at radius 2 is 1.53 bits per heavy atom. The molecule has 0 aliphatic rings. The van der Waals surface area contributed by atoms with Crippen LogP contribution in [0.1, 0.15) is 19.4 Å². The predicted molar refractivity (Wildman–Crippen MR) is 63.4 cm³/mol. The van der Waals surface area contributed by atoms with Gasteiger partial charge in [-0.3, -0.25) is 0 Å². The Labute approximate surface area is 89.8 Å². The molecular formula is C13H16O2. The van der Waals surface area contributed by atoms with Crippen LogP contribution in [0.25, 0.3) is 10.8 Å². The highest BCUT2D eigenvalue weighted by Gasteiger charge is 2.02. The molecule has 15 heavy (non-hydrogen) atoms. The molecule has 0 heterocycles. The van der Waals surface area contributed by atoms with Gasteiger partial charge in [-0.15, -0.1) is 0 Å². The van der Waals surface area contributed by atoms with Crippen molar-refractivity contribution < 1.29 is 10.2 Å². The van der Waals surface area contributed by atoms with Crippen molar-refractivity contribution in [2.75, 3.05) is 0 Å². The molecule has 2 aromatic carbocycles. The average molecular weight is 204 g/mol. The molecule has 2 rings (SSSR count). The third-order valence-corrected chi connectivity index (χ3v) is 2.25. The Balaban J connectivity index is 0.000000531. The van der Waals surface area contributed by atoms with Crippen LogP contribution in [0.3, 0.4) is 0 Å². The zero-order valence-corrected chi connectivity index (χ0v) is 9.28. The van der Waals surface area contributed by atoms with Gasteiger partial charge in [0.25, 0.3) is 0 Å². The minimum absolute atomic E-state index is 0.223. The van der Waals surface area contributed by atoms with Gasteiger partial charge in [-0.2, -0.15) is 0 Å². The van der Waals surface area contributed by atoms with Crippen molar-refractivity contribution >= 4 is 10.8 Å². The number of aryl methyl sites for hydroxylation is 1. The van der Waals surface area contributed by atoms with E-state index in [1.807, 2.05) is 32.9 Å². The van der Waals surface area contributed by atoms with Gasteiger partial charge in [-0.25, -0.2) is 0 Å². The second-order valence-electron chi connectivity index (χ2n) is 3.12. The quantitative estimate of drug-likeness (QED) is 0.688. The second-order valence-corrected chi connectivity index (χ2v) is 3.12. The molecule has 2 aromatic rings. The topological polar surface area (TPSA) is 40.5 Å². The van der Waals surface area contributed by atoms with Crippen molar-refractivity contribution in [3.05, 3.63) is 35.9 Å². The van der Waals surface area contributed by atoms with Crippen LogP contribution in [0.15, 0.2) is 30.3 Å². The SMILES string of the molecule is CC.Cc1c(O)ccc2ccc(O)cc12. The Morgan fingerprint density at radius 3 is 2.20 bits per heavy atom. The Morgan fingerprint density at radius 1 is 0.933 bits per heavy atom. The number of rotatable bonds is 0. The molecule has 0 saturated heterocycles. The molecule has 2 N–H and O–H groups in total. The molecule has 0 bridgehead atoms. The summed E-state index contributed by atoms with van der Waals surface area (Å²) < 4.78 is 0. The minimum atomic E-state index is 0.223. The molecule has 0 atom stereocenters. The van der Waals surface area contributed by atoms with E-state index in [-0.39, 0.29) is 11.5 Å². The van der Waals surface area contributed by atoms with Crippen LogP contribution in [0.2, 0.25) is 0 Å². The van der Waals surface area contributed by atoms with Crippen LogP contribution in [-0.2, 0) is 0 Å². The van der Waals surface area contributed by atoms with E-state index in [4.69, 9.17) is 0 Å². The standard InChI is InChI=1S/C11H10O2.C2H6/c1-7-10-6-9(12)4-2-8(10)3-5-11(7)13;1-2/h2-6,12-13H,1H3;1-2H3. The van der Waals surface area contributed by atoms with E-state index in [1.54, 1.807) is 18.2 Å². The monoisotopic (exact) mass is 204 g/mol. The van der Waals surface area contributed by atoms with Crippen LogP contribution in [0.5, 0.6) is 11.5 Å². The second kappa shape index (κ2) is 4.69. The molecule has 0 amide bonds. The summed E-state index contributed by atoms with van der Waals surface area (Å²) in [6, 6.07) is 8.62. The maximum atomic E-state index is 9.43. The largest absolute Gasteiger partial charge is 0.508 e. The van der Waals surface area contributed by atoms with Crippen molar-refractivity contribution in [3.63, 3.8) is 0 Å². The zero-order valence-electron chi connectivity index (χ0n) is 9.28. The van der Waals surface area contributed by atoms with Gasteiger partial charge < -0.3 is 10.2 Å². The highest BCUT2D eigenvalue weighted by atomic mass is 16.3. The molecule has 0 fully saturated rings. The van der Waals surface area contributed by atoms with Gasteiger partial charge in [0.05, 0.1) is 0 Å². The summed E-state index contributed by atoms with van der Waals surface area (Å²) >= 11 is 0. The van der Waals surface area contributed by atoms with Gasteiger partial charge in [0.2, 0.25) is 0 Å². The first kappa shape index (κ1) is 11.4. The van der Waals surface area contributed by atoms with Gasteiger partial charge >= 0.3 is 0 Å². The lowest BCUT2D eigenvalue weighted by Gasteiger charge is -2.04. The molecule has 2 nitrogen and oxygen atoms in total. The Kier molecular flexibility index (Phi) is 3.56. The van der Waals surface area contributed by atoms with Gasteiger partial charge in [-0.1, -0.05) is 26.0 Å². The summed E-state index contributed by atoms with van der Waals surface area (Å²) in [7, 11) is 0. The molecule has 80 valence electrons. The normalized spacial score (nSPS) is 9.53. The highest BCUT2D eigenvalue weighted by molar-refractivity contribution is 5.88. The average Bonchev–Trinajstić information content (AvgIpc) is 2.27. The summed E-state index contributed by atoms with van der Waals surface area (Å²) in [4.78, 5) is 0. The molecule has 0 spiro atoms. The first-order valence-corrected chi connectivity index (χ1v) is 5.10. The zero-order chi connectivity index (χ0) is 11.4. The fourth-order valence-corrected chi connectivity index (χ4v) is 1.45. The molecule has 0 aliphatic carbocycles. The van der Waals surface area contributed by atoms with Crippen LogP contribution in [0.4, 0.5) is 0 Å². The van der Waals surface area contributed by atoms with Crippen molar-refractivity contribution in [1.82, 2.24) is 0 Å². The van der Waals surface area contributed by atoms with Gasteiger partial charge in [0.1, 0.15) is 11.5 Å². The van der Waals surface area contributed by atoms with Crippen molar-refractivity contribution in [1.29, 1.82) is 0 Å². The van der Waals surface area contributed by atoms with E-state index >= 15 is 0 Å². The van der Waals surface area contributed by atoms with Crippen molar-refractivity contribution in [3.8, 4) is 11.5 Å². The maximum Gasteiger partial charge on any atom is 0.119 e. The van der Waals surface area contributed by atoms with E-state index in [2.05, 4.69) is 0 Å². The Hall–Kier alpha value is -1.70. The summed E-state index contributed by atoms with van der Waals surface area (Å²) in [6.45, 7) is 5.83. The van der Waals surface area contributed by atoms with Crippen molar-refractivity contribution in [2.24, 2.45) is 0 Å².